The third-order valence-corrected chi connectivity index (χ3v) is 7.39. The monoisotopic (exact) mass is 505 g/mol. The zero-order valence-corrected chi connectivity index (χ0v) is 22.3. The lowest BCUT2D eigenvalue weighted by Gasteiger charge is -2.36. The molecule has 0 spiro atoms. The number of carbonyl (C=O) groups excluding carboxylic acids is 2. The van der Waals surface area contributed by atoms with Crippen LogP contribution in [0.3, 0.4) is 0 Å². The molecule has 0 fully saturated rings. The van der Waals surface area contributed by atoms with Crippen LogP contribution in [0, 0.1) is 11.6 Å². The van der Waals surface area contributed by atoms with Gasteiger partial charge in [0.15, 0.2) is 0 Å². The number of amides is 2. The van der Waals surface area contributed by atoms with Crippen molar-refractivity contribution in [3.05, 3.63) is 47.2 Å². The molecule has 1 atom stereocenters. The predicted octanol–water partition coefficient (Wildman–Crippen LogP) is 4.78. The molecule has 0 saturated heterocycles. The number of hydrogen-bond donors (Lipinski definition) is 1. The van der Waals surface area contributed by atoms with Crippen LogP contribution in [0.5, 0.6) is 5.88 Å². The van der Waals surface area contributed by atoms with Crippen molar-refractivity contribution < 1.29 is 27.8 Å². The molecular weight excluding hydrogens is 472 g/mol. The number of pyridine rings is 1. The summed E-state index contributed by atoms with van der Waals surface area (Å²) in [7, 11) is -2.28. The Kier molecular flexibility index (Phi) is 7.54. The molecule has 0 bridgehead atoms. The number of hydrogen-bond acceptors (Lipinski definition) is 5. The van der Waals surface area contributed by atoms with E-state index in [9.17, 15) is 18.4 Å². The fourth-order valence-electron chi connectivity index (χ4n) is 4.07. The van der Waals surface area contributed by atoms with E-state index in [1.807, 2.05) is 26.6 Å². The Labute approximate surface area is 205 Å². The maximum atomic E-state index is 14.8. The molecule has 0 unspecified atom stereocenters. The number of halogens is 2. The van der Waals surface area contributed by atoms with Crippen LogP contribution in [-0.2, 0) is 16.0 Å². The minimum absolute atomic E-state index is 0.0258. The van der Waals surface area contributed by atoms with E-state index in [1.165, 1.54) is 4.90 Å². The average molecular weight is 506 g/mol. The standard InChI is InChI=1S/C25H33F2N3O4Si/c1-8-33-20-10-9-16-19(29-20)11-12-30(24(32)34-25(2,3)4)21(16)23(31)28-15-13-17(26)22(18(27)14-15)35(5,6)7/h9-10,13-14,21H,8,11-12H2,1-7H3,(H,28,31)/t21-/m1/s1. The van der Waals surface area contributed by atoms with E-state index < -0.39 is 43.4 Å². The first-order valence-corrected chi connectivity index (χ1v) is 15.1. The second-order valence-corrected chi connectivity index (χ2v) is 15.5. The predicted molar refractivity (Wildman–Crippen MR) is 133 cm³/mol. The molecule has 35 heavy (non-hydrogen) atoms. The van der Waals surface area contributed by atoms with Crippen LogP contribution in [0.25, 0.3) is 0 Å². The minimum Gasteiger partial charge on any atom is -0.478 e. The van der Waals surface area contributed by atoms with Crippen molar-refractivity contribution in [2.24, 2.45) is 0 Å². The minimum atomic E-state index is -2.28. The molecule has 0 saturated carbocycles. The molecule has 190 valence electrons. The van der Waals surface area contributed by atoms with E-state index in [0.29, 0.717) is 30.2 Å². The molecule has 2 heterocycles. The average Bonchev–Trinajstić information content (AvgIpc) is 2.70. The van der Waals surface area contributed by atoms with Gasteiger partial charge in [-0.05, 0) is 45.9 Å². The number of nitrogens with zero attached hydrogens (tertiary/aromatic N) is 2. The molecule has 1 aromatic carbocycles. The van der Waals surface area contributed by atoms with Crippen LogP contribution in [0.15, 0.2) is 24.3 Å². The Morgan fingerprint density at radius 2 is 1.80 bits per heavy atom. The Balaban J connectivity index is 1.99. The van der Waals surface area contributed by atoms with Crippen molar-refractivity contribution in [3.8, 4) is 5.88 Å². The fraction of sp³-hybridized carbons (Fsp3) is 0.480. The summed E-state index contributed by atoms with van der Waals surface area (Å²) in [5, 5.41) is 2.66. The number of rotatable bonds is 5. The number of ether oxygens (including phenoxy) is 2. The third-order valence-electron chi connectivity index (χ3n) is 5.41. The topological polar surface area (TPSA) is 80.8 Å². The summed E-state index contributed by atoms with van der Waals surface area (Å²) in [6, 6.07) is 4.45. The summed E-state index contributed by atoms with van der Waals surface area (Å²) in [5.41, 5.74) is 0.321. The molecule has 1 N–H and O–H groups in total. The molecule has 2 aromatic rings. The van der Waals surface area contributed by atoms with Crippen molar-refractivity contribution >= 4 is 30.9 Å². The first-order valence-electron chi connectivity index (χ1n) is 11.6. The highest BCUT2D eigenvalue weighted by Crippen LogP contribution is 2.33. The van der Waals surface area contributed by atoms with E-state index >= 15 is 0 Å². The van der Waals surface area contributed by atoms with Crippen LogP contribution in [-0.4, -0.2) is 48.7 Å². The highest BCUT2D eigenvalue weighted by Gasteiger charge is 2.39. The van der Waals surface area contributed by atoms with Crippen molar-refractivity contribution in [1.82, 2.24) is 9.88 Å². The van der Waals surface area contributed by atoms with Gasteiger partial charge in [-0.2, -0.15) is 0 Å². The number of benzene rings is 1. The summed E-state index contributed by atoms with van der Waals surface area (Å²) < 4.78 is 40.6. The maximum absolute atomic E-state index is 14.8. The van der Waals surface area contributed by atoms with Gasteiger partial charge in [0.05, 0.1) is 20.4 Å². The van der Waals surface area contributed by atoms with E-state index in [1.54, 1.807) is 32.9 Å². The van der Waals surface area contributed by atoms with Crippen LogP contribution in [0.2, 0.25) is 19.6 Å². The van der Waals surface area contributed by atoms with E-state index in [2.05, 4.69) is 10.3 Å². The largest absolute Gasteiger partial charge is 0.478 e. The lowest BCUT2D eigenvalue weighted by atomic mass is 9.96. The zero-order valence-electron chi connectivity index (χ0n) is 21.3. The van der Waals surface area contributed by atoms with Crippen LogP contribution >= 0.6 is 0 Å². The molecule has 0 radical (unpaired) electrons. The molecule has 1 aromatic heterocycles. The van der Waals surface area contributed by atoms with Gasteiger partial charge in [0, 0.05) is 35.5 Å². The van der Waals surface area contributed by atoms with Gasteiger partial charge in [-0.15, -0.1) is 0 Å². The zero-order chi connectivity index (χ0) is 26.1. The quantitative estimate of drug-likeness (QED) is 0.592. The van der Waals surface area contributed by atoms with Crippen LogP contribution in [0.1, 0.15) is 45.0 Å². The molecule has 1 aliphatic heterocycles. The van der Waals surface area contributed by atoms with Gasteiger partial charge in [-0.1, -0.05) is 19.6 Å². The maximum Gasteiger partial charge on any atom is 0.411 e. The van der Waals surface area contributed by atoms with Gasteiger partial charge in [-0.3, -0.25) is 9.69 Å². The molecule has 3 rings (SSSR count). The normalized spacial score (nSPS) is 15.9. The second kappa shape index (κ2) is 9.92. The van der Waals surface area contributed by atoms with Crippen LogP contribution in [0.4, 0.5) is 19.3 Å². The Morgan fingerprint density at radius 3 is 2.34 bits per heavy atom. The van der Waals surface area contributed by atoms with Gasteiger partial charge in [-0.25, -0.2) is 18.6 Å². The smallest absolute Gasteiger partial charge is 0.411 e. The van der Waals surface area contributed by atoms with Crippen molar-refractivity contribution in [2.45, 2.75) is 65.4 Å². The van der Waals surface area contributed by atoms with Crippen molar-refractivity contribution in [1.29, 1.82) is 0 Å². The Bertz CT molecular complexity index is 1110. The molecule has 1 aliphatic rings. The highest BCUT2D eigenvalue weighted by molar-refractivity contribution is 6.88. The van der Waals surface area contributed by atoms with Crippen molar-refractivity contribution in [2.75, 3.05) is 18.5 Å². The Hall–Kier alpha value is -3.01. The summed E-state index contributed by atoms with van der Waals surface area (Å²) in [6.45, 7) is 13.2. The van der Waals surface area contributed by atoms with Crippen LogP contribution < -0.4 is 15.2 Å². The van der Waals surface area contributed by atoms with Gasteiger partial charge < -0.3 is 14.8 Å². The summed E-state index contributed by atoms with van der Waals surface area (Å²) in [5.74, 6) is -1.60. The first-order chi connectivity index (χ1) is 16.2. The number of aromatic nitrogens is 1. The van der Waals surface area contributed by atoms with Gasteiger partial charge in [0.1, 0.15) is 23.3 Å². The van der Waals surface area contributed by atoms with E-state index in [4.69, 9.17) is 9.47 Å². The summed E-state index contributed by atoms with van der Waals surface area (Å²) >= 11 is 0. The van der Waals surface area contributed by atoms with Gasteiger partial charge >= 0.3 is 6.09 Å². The van der Waals surface area contributed by atoms with Gasteiger partial charge in [0.2, 0.25) is 5.88 Å². The number of nitrogens with one attached hydrogen (secondary N) is 1. The molecule has 0 aliphatic carbocycles. The fourth-order valence-corrected chi connectivity index (χ4v) is 5.64. The Morgan fingerprint density at radius 1 is 1.17 bits per heavy atom. The SMILES string of the molecule is CCOc1ccc2c(n1)CCN(C(=O)OC(C)(C)C)[C@H]2C(=O)Nc1cc(F)c([Si](C)(C)C)c(F)c1. The molecule has 10 heteroatoms. The summed E-state index contributed by atoms with van der Waals surface area (Å²) in [6.07, 6.45) is -0.267. The number of fused-ring (bicyclic) bond motifs is 1. The summed E-state index contributed by atoms with van der Waals surface area (Å²) in [4.78, 5) is 32.3. The third kappa shape index (κ3) is 6.16. The first kappa shape index (κ1) is 26.6. The van der Waals surface area contributed by atoms with Crippen molar-refractivity contribution in [3.63, 3.8) is 0 Å². The highest BCUT2D eigenvalue weighted by atomic mass is 28.3. The van der Waals surface area contributed by atoms with Gasteiger partial charge in [0.25, 0.3) is 5.91 Å². The molecule has 2 amide bonds. The number of carbonyl (C=O) groups is 2. The van der Waals surface area contributed by atoms with E-state index in [0.717, 1.165) is 12.1 Å². The second-order valence-electron chi connectivity index (χ2n) is 10.5. The number of anilines is 1. The molecular formula is C25H33F2N3O4Si. The molecule has 7 nitrogen and oxygen atoms in total. The lowest BCUT2D eigenvalue weighted by molar-refractivity contribution is -0.122. The van der Waals surface area contributed by atoms with E-state index in [-0.39, 0.29) is 17.4 Å². The lowest BCUT2D eigenvalue weighted by Crippen LogP contribution is -2.47.